The molecule has 2 aromatic rings. The van der Waals surface area contributed by atoms with Crippen molar-refractivity contribution in [3.8, 4) is 6.07 Å². The third-order valence-electron chi connectivity index (χ3n) is 3.15. The third-order valence-corrected chi connectivity index (χ3v) is 5.26. The fourth-order valence-electron chi connectivity index (χ4n) is 1.98. The Labute approximate surface area is 155 Å². The number of hydrogen-bond acceptors (Lipinski definition) is 7. The Morgan fingerprint density at radius 3 is 2.84 bits per heavy atom. The topological polar surface area (TPSA) is 96.5 Å². The van der Waals surface area contributed by atoms with Gasteiger partial charge in [-0.15, -0.1) is 16.9 Å². The molecule has 7 nitrogen and oxygen atoms in total. The molecule has 0 aliphatic rings. The Hall–Kier alpha value is -2.05. The zero-order chi connectivity index (χ0) is 18.2. The normalized spacial score (nSPS) is 12.0. The average Bonchev–Trinajstić information content (AvgIpc) is 3.04. The monoisotopic (exact) mass is 376 g/mol. The molecule has 0 bridgehead atoms. The fourth-order valence-corrected chi connectivity index (χ4v) is 3.78. The number of amides is 1. The highest BCUT2D eigenvalue weighted by Gasteiger charge is 2.14. The summed E-state index contributed by atoms with van der Waals surface area (Å²) in [5, 5.41) is 24.0. The molecule has 132 valence electrons. The number of carbonyl (C=O) groups is 1. The maximum Gasteiger partial charge on any atom is 0.234 e. The molecule has 1 aromatic carbocycles. The van der Waals surface area contributed by atoms with Gasteiger partial charge in [0.15, 0.2) is 0 Å². The quantitative estimate of drug-likeness (QED) is 0.705. The van der Waals surface area contributed by atoms with Crippen LogP contribution in [0.4, 0.5) is 5.69 Å². The lowest BCUT2D eigenvalue weighted by molar-refractivity contribution is -0.113. The number of aromatic nitrogens is 4. The molecule has 0 aliphatic carbocycles. The second-order valence-electron chi connectivity index (χ2n) is 5.62. The molecular weight excluding hydrogens is 356 g/mol. The third kappa shape index (κ3) is 5.76. The van der Waals surface area contributed by atoms with E-state index >= 15 is 0 Å². The summed E-state index contributed by atoms with van der Waals surface area (Å²) < 4.78 is 1.69. The maximum absolute atomic E-state index is 12.3. The van der Waals surface area contributed by atoms with Crippen molar-refractivity contribution in [1.29, 1.82) is 5.26 Å². The molecule has 0 saturated heterocycles. The lowest BCUT2D eigenvalue weighted by Crippen LogP contribution is -2.15. The van der Waals surface area contributed by atoms with Crippen LogP contribution in [0.15, 0.2) is 34.3 Å². The van der Waals surface area contributed by atoms with Crippen molar-refractivity contribution in [1.82, 2.24) is 20.2 Å². The van der Waals surface area contributed by atoms with Gasteiger partial charge in [-0.2, -0.15) is 5.26 Å². The fraction of sp³-hybridized carbons (Fsp3) is 0.438. The van der Waals surface area contributed by atoms with E-state index in [1.165, 1.54) is 11.8 Å². The molecule has 0 spiro atoms. The number of hydrogen-bond donors (Lipinski definition) is 1. The van der Waals surface area contributed by atoms with Crippen LogP contribution in [0.1, 0.15) is 33.2 Å². The minimum absolute atomic E-state index is 0.121. The second-order valence-corrected chi connectivity index (χ2v) is 8.05. The van der Waals surface area contributed by atoms with E-state index in [0.717, 1.165) is 10.6 Å². The van der Waals surface area contributed by atoms with Gasteiger partial charge < -0.3 is 5.32 Å². The highest BCUT2D eigenvalue weighted by Crippen LogP contribution is 2.31. The van der Waals surface area contributed by atoms with E-state index in [1.54, 1.807) is 16.4 Å². The van der Waals surface area contributed by atoms with Crippen LogP contribution in [0, 0.1) is 11.3 Å². The number of benzene rings is 1. The van der Waals surface area contributed by atoms with E-state index < -0.39 is 0 Å². The Bertz CT molecular complexity index is 755. The van der Waals surface area contributed by atoms with Crippen molar-refractivity contribution >= 4 is 35.1 Å². The standard InChI is InChI=1S/C16H20N6OS2/c1-11(2)22-16(19-20-21-22)24-10-15(23)18-13-6-4-5-7-14(13)25-12(3)8-9-17/h4-7,11-12H,8,10H2,1-3H3,(H,18,23)/t12-/m0/s1. The number of nitrogens with zero attached hydrogens (tertiary/aromatic N) is 5. The number of nitriles is 1. The summed E-state index contributed by atoms with van der Waals surface area (Å²) in [5.74, 6) is 0.101. The first-order valence-electron chi connectivity index (χ1n) is 7.84. The first kappa shape index (κ1) is 19.3. The van der Waals surface area contributed by atoms with Crippen LogP contribution in [-0.2, 0) is 4.79 Å². The molecule has 0 fully saturated rings. The largest absolute Gasteiger partial charge is 0.324 e. The van der Waals surface area contributed by atoms with Crippen LogP contribution in [0.5, 0.6) is 0 Å². The zero-order valence-electron chi connectivity index (χ0n) is 14.3. The SMILES string of the molecule is CC(C)n1nnnc1SCC(=O)Nc1ccccc1S[C@@H](C)CC#N. The smallest absolute Gasteiger partial charge is 0.234 e. The number of para-hydroxylation sites is 1. The van der Waals surface area contributed by atoms with Crippen molar-refractivity contribution in [2.24, 2.45) is 0 Å². The molecule has 1 aromatic heterocycles. The molecule has 9 heteroatoms. The minimum atomic E-state index is -0.121. The number of tetrazole rings is 1. The molecule has 1 heterocycles. The molecule has 1 amide bonds. The van der Waals surface area contributed by atoms with Gasteiger partial charge in [-0.05, 0) is 36.4 Å². The Morgan fingerprint density at radius 1 is 1.36 bits per heavy atom. The van der Waals surface area contributed by atoms with E-state index in [4.69, 9.17) is 5.26 Å². The van der Waals surface area contributed by atoms with Crippen molar-refractivity contribution in [2.75, 3.05) is 11.1 Å². The molecule has 2 rings (SSSR count). The number of nitrogens with one attached hydrogen (secondary N) is 1. The first-order valence-corrected chi connectivity index (χ1v) is 9.71. The molecule has 0 unspecified atom stereocenters. The average molecular weight is 377 g/mol. The lowest BCUT2D eigenvalue weighted by Gasteiger charge is -2.13. The summed E-state index contributed by atoms with van der Waals surface area (Å²) >= 11 is 2.88. The van der Waals surface area contributed by atoms with Crippen molar-refractivity contribution in [3.05, 3.63) is 24.3 Å². The molecule has 1 atom stereocenters. The van der Waals surface area contributed by atoms with E-state index in [9.17, 15) is 4.79 Å². The van der Waals surface area contributed by atoms with Crippen LogP contribution >= 0.6 is 23.5 Å². The molecule has 1 N–H and O–H groups in total. The molecule has 25 heavy (non-hydrogen) atoms. The van der Waals surface area contributed by atoms with Gasteiger partial charge >= 0.3 is 0 Å². The van der Waals surface area contributed by atoms with Gasteiger partial charge in [0.1, 0.15) is 0 Å². The van der Waals surface area contributed by atoms with Crippen LogP contribution in [0.2, 0.25) is 0 Å². The van der Waals surface area contributed by atoms with Gasteiger partial charge in [-0.1, -0.05) is 30.8 Å². The van der Waals surface area contributed by atoms with Crippen LogP contribution in [0.3, 0.4) is 0 Å². The summed E-state index contributed by atoms with van der Waals surface area (Å²) in [7, 11) is 0. The van der Waals surface area contributed by atoms with Crippen molar-refractivity contribution < 1.29 is 4.79 Å². The van der Waals surface area contributed by atoms with Crippen molar-refractivity contribution in [3.63, 3.8) is 0 Å². The van der Waals surface area contributed by atoms with Crippen LogP contribution in [-0.4, -0.2) is 37.1 Å². The van der Waals surface area contributed by atoms with E-state index in [-0.39, 0.29) is 23.0 Å². The summed E-state index contributed by atoms with van der Waals surface area (Å²) in [5.41, 5.74) is 0.756. The molecule has 0 radical (unpaired) electrons. The van der Waals surface area contributed by atoms with E-state index in [2.05, 4.69) is 26.9 Å². The molecule has 0 saturated carbocycles. The number of anilines is 1. The first-order chi connectivity index (χ1) is 12.0. The number of carbonyl (C=O) groups excluding carboxylic acids is 1. The van der Waals surface area contributed by atoms with Crippen LogP contribution in [0.25, 0.3) is 0 Å². The summed E-state index contributed by atoms with van der Waals surface area (Å²) in [4.78, 5) is 13.2. The van der Waals surface area contributed by atoms with Gasteiger partial charge in [-0.3, -0.25) is 4.79 Å². The molecule has 0 aliphatic heterocycles. The van der Waals surface area contributed by atoms with Gasteiger partial charge in [0.2, 0.25) is 11.1 Å². The maximum atomic E-state index is 12.3. The Kier molecular flexibility index (Phi) is 7.28. The minimum Gasteiger partial charge on any atom is -0.324 e. The van der Waals surface area contributed by atoms with Gasteiger partial charge in [-0.25, -0.2) is 4.68 Å². The van der Waals surface area contributed by atoms with Gasteiger partial charge in [0.05, 0.1) is 23.6 Å². The van der Waals surface area contributed by atoms with Crippen LogP contribution < -0.4 is 5.32 Å². The van der Waals surface area contributed by atoms with Gasteiger partial charge in [0.25, 0.3) is 0 Å². The lowest BCUT2D eigenvalue weighted by atomic mass is 10.3. The zero-order valence-corrected chi connectivity index (χ0v) is 16.0. The van der Waals surface area contributed by atoms with Crippen molar-refractivity contribution in [2.45, 2.75) is 48.5 Å². The highest BCUT2D eigenvalue weighted by atomic mass is 32.2. The Morgan fingerprint density at radius 2 is 2.12 bits per heavy atom. The predicted molar refractivity (Wildman–Crippen MR) is 99.5 cm³/mol. The number of thioether (sulfide) groups is 2. The summed E-state index contributed by atoms with van der Waals surface area (Å²) in [6.45, 7) is 5.96. The Balaban J connectivity index is 1.96. The predicted octanol–water partition coefficient (Wildman–Crippen LogP) is 3.38. The summed E-state index contributed by atoms with van der Waals surface area (Å²) in [6.07, 6.45) is 0.459. The second kappa shape index (κ2) is 9.44. The van der Waals surface area contributed by atoms with E-state index in [0.29, 0.717) is 11.6 Å². The van der Waals surface area contributed by atoms with Gasteiger partial charge in [0, 0.05) is 16.6 Å². The molecular formula is C16H20N6OS2. The summed E-state index contributed by atoms with van der Waals surface area (Å²) in [6, 6.07) is 9.91. The highest BCUT2D eigenvalue weighted by molar-refractivity contribution is 8.00. The van der Waals surface area contributed by atoms with E-state index in [1.807, 2.05) is 45.0 Å². The number of rotatable bonds is 8.